The molecule has 0 saturated carbocycles. The molecule has 1 aliphatic rings. The number of methoxy groups -OCH3 is 1. The van der Waals surface area contributed by atoms with Gasteiger partial charge in [-0.1, -0.05) is 12.1 Å². The van der Waals surface area contributed by atoms with Crippen LogP contribution in [-0.2, 0) is 4.74 Å². The minimum absolute atomic E-state index is 0.232. The Bertz CT molecular complexity index is 600. The maximum atomic E-state index is 13.1. The highest BCUT2D eigenvalue weighted by Crippen LogP contribution is 2.17. The van der Waals surface area contributed by atoms with Crippen LogP contribution in [0.15, 0.2) is 29.3 Å². The van der Waals surface area contributed by atoms with Crippen molar-refractivity contribution in [1.82, 2.24) is 15.5 Å². The average molecular weight is 365 g/mol. The molecule has 0 spiro atoms. The quantitative estimate of drug-likeness (QED) is 0.528. The number of likely N-dealkylation sites (tertiary alicyclic amines) is 1. The van der Waals surface area contributed by atoms with Crippen molar-refractivity contribution in [3.63, 3.8) is 0 Å². The summed E-state index contributed by atoms with van der Waals surface area (Å²) in [7, 11) is 1.61. The fourth-order valence-corrected chi connectivity index (χ4v) is 2.93. The predicted octanol–water partition coefficient (Wildman–Crippen LogP) is 1.61. The molecule has 7 nitrogen and oxygen atoms in total. The lowest BCUT2D eigenvalue weighted by Gasteiger charge is -2.32. The molecular formula is C18H28FN5O2. The second-order valence-electron chi connectivity index (χ2n) is 6.24. The van der Waals surface area contributed by atoms with E-state index in [0.29, 0.717) is 25.6 Å². The van der Waals surface area contributed by atoms with Crippen molar-refractivity contribution in [2.45, 2.75) is 31.9 Å². The van der Waals surface area contributed by atoms with Crippen molar-refractivity contribution < 1.29 is 13.9 Å². The number of halogens is 1. The molecule has 1 aromatic carbocycles. The second-order valence-corrected chi connectivity index (χ2v) is 6.24. The number of primary amides is 1. The standard InChI is InChI=1S/C18H28FN5O2/c1-3-21-18(23-15-8-10-24(11-9-15)17(20)25)22-12-16(26-2)13-4-6-14(19)7-5-13/h4-7,15-16H,3,8-12H2,1-2H3,(H2,20,25)(H2,21,22,23). The topological polar surface area (TPSA) is 92.0 Å². The Kier molecular flexibility index (Phi) is 7.65. The smallest absolute Gasteiger partial charge is 0.314 e. The molecule has 26 heavy (non-hydrogen) atoms. The van der Waals surface area contributed by atoms with E-state index in [1.54, 1.807) is 24.1 Å². The Labute approximate surface area is 153 Å². The van der Waals surface area contributed by atoms with Gasteiger partial charge in [-0.25, -0.2) is 9.18 Å². The lowest BCUT2D eigenvalue weighted by Crippen LogP contribution is -2.50. The monoisotopic (exact) mass is 365 g/mol. The average Bonchev–Trinajstić information content (AvgIpc) is 2.64. The van der Waals surface area contributed by atoms with Gasteiger partial charge in [0.05, 0.1) is 6.54 Å². The van der Waals surface area contributed by atoms with Crippen LogP contribution in [0.5, 0.6) is 0 Å². The van der Waals surface area contributed by atoms with Crippen molar-refractivity contribution in [2.24, 2.45) is 10.7 Å². The highest BCUT2D eigenvalue weighted by molar-refractivity contribution is 5.80. The van der Waals surface area contributed by atoms with Gasteiger partial charge < -0.3 is 26.0 Å². The SMILES string of the molecule is CCNC(=NCC(OC)c1ccc(F)cc1)NC1CCN(C(N)=O)CC1. The number of nitrogens with two attached hydrogens (primary N) is 1. The molecule has 144 valence electrons. The maximum absolute atomic E-state index is 13.1. The fraction of sp³-hybridized carbons (Fsp3) is 0.556. The predicted molar refractivity (Wildman–Crippen MR) is 99.4 cm³/mol. The molecule has 4 N–H and O–H groups in total. The summed E-state index contributed by atoms with van der Waals surface area (Å²) < 4.78 is 18.6. The summed E-state index contributed by atoms with van der Waals surface area (Å²) in [5.41, 5.74) is 6.19. The molecule has 1 saturated heterocycles. The van der Waals surface area contributed by atoms with E-state index >= 15 is 0 Å². The number of benzene rings is 1. The van der Waals surface area contributed by atoms with Crippen LogP contribution in [-0.4, -0.2) is 56.2 Å². The Balaban J connectivity index is 1.95. The number of piperidine rings is 1. The van der Waals surface area contributed by atoms with E-state index in [2.05, 4.69) is 15.6 Å². The first-order chi connectivity index (χ1) is 12.5. The number of hydrogen-bond acceptors (Lipinski definition) is 3. The molecule has 1 heterocycles. The summed E-state index contributed by atoms with van der Waals surface area (Å²) >= 11 is 0. The summed E-state index contributed by atoms with van der Waals surface area (Å²) in [5.74, 6) is 0.429. The summed E-state index contributed by atoms with van der Waals surface area (Å²) in [6, 6.07) is 6.11. The molecule has 0 bridgehead atoms. The molecule has 1 aliphatic heterocycles. The van der Waals surface area contributed by atoms with E-state index in [0.717, 1.165) is 24.9 Å². The first kappa shape index (κ1) is 20.0. The van der Waals surface area contributed by atoms with E-state index in [1.807, 2.05) is 6.92 Å². The number of carbonyl (C=O) groups is 1. The second kappa shape index (κ2) is 9.96. The first-order valence-electron chi connectivity index (χ1n) is 8.91. The molecule has 1 aromatic rings. The zero-order valence-corrected chi connectivity index (χ0v) is 15.4. The van der Waals surface area contributed by atoms with Gasteiger partial charge in [0, 0.05) is 32.8 Å². The molecule has 0 radical (unpaired) electrons. The van der Waals surface area contributed by atoms with Gasteiger partial charge in [0.1, 0.15) is 11.9 Å². The third-order valence-corrected chi connectivity index (χ3v) is 4.43. The normalized spacial score (nSPS) is 17.0. The van der Waals surface area contributed by atoms with Gasteiger partial charge in [-0.3, -0.25) is 4.99 Å². The zero-order valence-electron chi connectivity index (χ0n) is 15.4. The number of nitrogens with one attached hydrogen (secondary N) is 2. The zero-order chi connectivity index (χ0) is 18.9. The van der Waals surface area contributed by atoms with Gasteiger partial charge in [-0.15, -0.1) is 0 Å². The molecule has 1 atom stereocenters. The van der Waals surface area contributed by atoms with E-state index < -0.39 is 0 Å². The van der Waals surface area contributed by atoms with Crippen molar-refractivity contribution in [2.75, 3.05) is 33.3 Å². The van der Waals surface area contributed by atoms with Crippen molar-refractivity contribution in [3.8, 4) is 0 Å². The Morgan fingerprint density at radius 2 is 2.04 bits per heavy atom. The van der Waals surface area contributed by atoms with E-state index in [-0.39, 0.29) is 24.0 Å². The number of amides is 2. The summed E-state index contributed by atoms with van der Waals surface area (Å²) in [6.07, 6.45) is 1.39. The summed E-state index contributed by atoms with van der Waals surface area (Å²) in [5, 5.41) is 6.62. The molecule has 0 aliphatic carbocycles. The van der Waals surface area contributed by atoms with Gasteiger partial charge in [0.25, 0.3) is 0 Å². The summed E-state index contributed by atoms with van der Waals surface area (Å²) in [4.78, 5) is 17.5. The molecule has 0 aromatic heterocycles. The fourth-order valence-electron chi connectivity index (χ4n) is 2.93. The Morgan fingerprint density at radius 3 is 2.58 bits per heavy atom. The molecule has 2 amide bonds. The highest BCUT2D eigenvalue weighted by atomic mass is 19.1. The molecule has 8 heteroatoms. The Morgan fingerprint density at radius 1 is 1.38 bits per heavy atom. The van der Waals surface area contributed by atoms with Gasteiger partial charge in [0.15, 0.2) is 5.96 Å². The third-order valence-electron chi connectivity index (χ3n) is 4.43. The van der Waals surface area contributed by atoms with Crippen molar-refractivity contribution in [3.05, 3.63) is 35.6 Å². The van der Waals surface area contributed by atoms with Gasteiger partial charge >= 0.3 is 6.03 Å². The van der Waals surface area contributed by atoms with E-state index in [9.17, 15) is 9.18 Å². The van der Waals surface area contributed by atoms with Crippen LogP contribution < -0.4 is 16.4 Å². The van der Waals surface area contributed by atoms with Crippen LogP contribution in [0.3, 0.4) is 0 Å². The van der Waals surface area contributed by atoms with E-state index in [1.165, 1.54) is 12.1 Å². The molecular weight excluding hydrogens is 337 g/mol. The molecule has 2 rings (SSSR count). The van der Waals surface area contributed by atoms with Gasteiger partial charge in [0.2, 0.25) is 0 Å². The highest BCUT2D eigenvalue weighted by Gasteiger charge is 2.22. The number of rotatable bonds is 6. The largest absolute Gasteiger partial charge is 0.375 e. The van der Waals surface area contributed by atoms with E-state index in [4.69, 9.17) is 10.5 Å². The lowest BCUT2D eigenvalue weighted by molar-refractivity contribution is 0.110. The van der Waals surface area contributed by atoms with Crippen LogP contribution in [0.25, 0.3) is 0 Å². The van der Waals surface area contributed by atoms with Crippen LogP contribution in [0.2, 0.25) is 0 Å². The lowest BCUT2D eigenvalue weighted by atomic mass is 10.1. The van der Waals surface area contributed by atoms with Gasteiger partial charge in [-0.05, 0) is 37.5 Å². The number of carbonyl (C=O) groups excluding carboxylic acids is 1. The number of urea groups is 1. The van der Waals surface area contributed by atoms with Crippen molar-refractivity contribution in [1.29, 1.82) is 0 Å². The van der Waals surface area contributed by atoms with Crippen molar-refractivity contribution >= 4 is 12.0 Å². The van der Waals surface area contributed by atoms with Gasteiger partial charge in [-0.2, -0.15) is 0 Å². The number of ether oxygens (including phenoxy) is 1. The number of hydrogen-bond donors (Lipinski definition) is 3. The van der Waals surface area contributed by atoms with Crippen LogP contribution in [0.4, 0.5) is 9.18 Å². The number of aliphatic imine (C=N–C) groups is 1. The number of nitrogens with zero attached hydrogens (tertiary/aromatic N) is 2. The molecule has 1 unspecified atom stereocenters. The maximum Gasteiger partial charge on any atom is 0.314 e. The van der Waals surface area contributed by atoms with Crippen LogP contribution in [0, 0.1) is 5.82 Å². The Hall–Kier alpha value is -2.35. The summed E-state index contributed by atoms with van der Waals surface area (Å²) in [6.45, 7) is 4.43. The molecule has 1 fully saturated rings. The number of guanidine groups is 1. The minimum Gasteiger partial charge on any atom is -0.375 e. The minimum atomic E-state index is -0.369. The van der Waals surface area contributed by atoms with Crippen LogP contribution in [0.1, 0.15) is 31.4 Å². The third kappa shape index (κ3) is 5.87. The first-order valence-corrected chi connectivity index (χ1v) is 8.91. The van der Waals surface area contributed by atoms with Crippen LogP contribution >= 0.6 is 0 Å².